The Kier molecular flexibility index (Phi) is 5.53. The third kappa shape index (κ3) is 3.71. The number of benzene rings is 2. The van der Waals surface area contributed by atoms with Gasteiger partial charge in [-0.3, -0.25) is 0 Å². The molecule has 2 aromatic carbocycles. The van der Waals surface area contributed by atoms with E-state index in [1.165, 1.54) is 43.4 Å². The molecule has 1 aliphatic rings. The first-order valence-corrected chi connectivity index (χ1v) is 12.5. The van der Waals surface area contributed by atoms with Gasteiger partial charge in [-0.25, -0.2) is 8.78 Å². The van der Waals surface area contributed by atoms with Crippen LogP contribution in [-0.4, -0.2) is 18.2 Å². The number of hydrogen-bond donors (Lipinski definition) is 0. The Bertz CT molecular complexity index is 634. The van der Waals surface area contributed by atoms with Crippen molar-refractivity contribution >= 4 is 31.1 Å². The van der Waals surface area contributed by atoms with Gasteiger partial charge in [0.1, 0.15) is 0 Å². The van der Waals surface area contributed by atoms with E-state index in [1.807, 2.05) is 12.1 Å². The second kappa shape index (κ2) is 7.41. The zero-order valence-electron chi connectivity index (χ0n) is 12.4. The topological polar surface area (TPSA) is 0 Å². The van der Waals surface area contributed by atoms with Crippen molar-refractivity contribution in [3.8, 4) is 11.1 Å². The van der Waals surface area contributed by atoms with Crippen LogP contribution in [0, 0.1) is 11.6 Å². The van der Waals surface area contributed by atoms with E-state index in [-0.39, 0.29) is 18.2 Å². The largest absolute Gasteiger partial charge is 0.471 e. The van der Waals surface area contributed by atoms with Gasteiger partial charge in [0, 0.05) is 0 Å². The molecule has 0 spiro atoms. The van der Waals surface area contributed by atoms with E-state index in [9.17, 15) is 8.78 Å². The van der Waals surface area contributed by atoms with Crippen LogP contribution in [0.25, 0.3) is 11.1 Å². The third-order valence-corrected chi connectivity index (χ3v) is 8.70. The van der Waals surface area contributed by atoms with Crippen LogP contribution in [0.15, 0.2) is 42.5 Å². The van der Waals surface area contributed by atoms with E-state index in [0.717, 1.165) is 15.2 Å². The first-order valence-electron chi connectivity index (χ1n) is 7.78. The molecule has 4 heteroatoms. The van der Waals surface area contributed by atoms with E-state index >= 15 is 0 Å². The van der Waals surface area contributed by atoms with E-state index in [1.54, 1.807) is 6.07 Å². The van der Waals surface area contributed by atoms with Gasteiger partial charge in [-0.2, -0.15) is 0 Å². The molecule has 0 heterocycles. The van der Waals surface area contributed by atoms with Gasteiger partial charge in [-0.15, -0.1) is 4.05 Å². The van der Waals surface area contributed by atoms with Crippen molar-refractivity contribution in [3.63, 3.8) is 0 Å². The van der Waals surface area contributed by atoms with E-state index in [2.05, 4.69) is 25.0 Å². The highest BCUT2D eigenvalue weighted by Crippen LogP contribution is 2.39. The van der Waals surface area contributed by atoms with Crippen molar-refractivity contribution in [2.75, 3.05) is 0 Å². The first kappa shape index (κ1) is 16.4. The Morgan fingerprint density at radius 3 is 2.05 bits per heavy atom. The molecule has 0 N–H and O–H groups in total. The van der Waals surface area contributed by atoms with E-state index < -0.39 is 11.6 Å². The molecule has 0 aliphatic heterocycles. The van der Waals surface area contributed by atoms with E-state index in [0.29, 0.717) is 5.92 Å². The lowest BCUT2D eigenvalue weighted by Crippen LogP contribution is -2.11. The fraction of sp³-hybridized carbons (Fsp3) is 0.333. The molecule has 1 fully saturated rings. The predicted octanol–water partition coefficient (Wildman–Crippen LogP) is 6.09. The summed E-state index contributed by atoms with van der Waals surface area (Å²) < 4.78 is 27.3. The van der Waals surface area contributed by atoms with Crippen LogP contribution in [0.2, 0.25) is 4.05 Å². The fourth-order valence-corrected chi connectivity index (χ4v) is 6.00. The number of rotatable bonds is 3. The summed E-state index contributed by atoms with van der Waals surface area (Å²) >= 11 is 3.68. The minimum atomic E-state index is -0.799. The van der Waals surface area contributed by atoms with Crippen LogP contribution in [0.5, 0.6) is 0 Å². The third-order valence-electron chi connectivity index (χ3n) is 4.70. The normalized spacial score (nSPS) is 21.4. The summed E-state index contributed by atoms with van der Waals surface area (Å²) in [4.78, 5) is 0. The van der Waals surface area contributed by atoms with Crippen LogP contribution < -0.4 is 0 Å². The molecule has 1 aliphatic carbocycles. The average Bonchev–Trinajstić information content (AvgIpc) is 2.58. The van der Waals surface area contributed by atoms with E-state index in [4.69, 9.17) is 0 Å². The lowest BCUT2D eigenvalue weighted by molar-refractivity contribution is 0.443. The molecule has 0 aromatic heterocycles. The molecule has 0 nitrogen and oxygen atoms in total. The Labute approximate surface area is 145 Å². The Morgan fingerprint density at radius 1 is 0.818 bits per heavy atom. The van der Waals surface area contributed by atoms with Crippen molar-refractivity contribution in [1.82, 2.24) is 0 Å². The maximum absolute atomic E-state index is 13.3. The lowest BCUT2D eigenvalue weighted by Gasteiger charge is -2.28. The maximum Gasteiger partial charge on any atom is 0.471 e. The average molecular weight is 376 g/mol. The van der Waals surface area contributed by atoms with Crippen LogP contribution in [0.4, 0.5) is 8.78 Å². The molecule has 0 atom stereocenters. The van der Waals surface area contributed by atoms with Gasteiger partial charge in [0.05, 0.1) is 0 Å². The molecule has 22 heavy (non-hydrogen) atoms. The molecule has 1 saturated carbocycles. The van der Waals surface area contributed by atoms with Gasteiger partial charge in [0.25, 0.3) is 0 Å². The maximum atomic E-state index is 13.3. The summed E-state index contributed by atoms with van der Waals surface area (Å²) in [5.41, 5.74) is 3.03. The van der Waals surface area contributed by atoms with Gasteiger partial charge in [-0.1, -0.05) is 43.2 Å². The van der Waals surface area contributed by atoms with Gasteiger partial charge >= 0.3 is 18.2 Å². The molecule has 0 saturated heterocycles. The zero-order valence-corrected chi connectivity index (χ0v) is 15.4. The first-order chi connectivity index (χ1) is 10.7. The monoisotopic (exact) mass is 374 g/mol. The standard InChI is InChI=1S/C18H17F2.BrH.Mg/c19-17-11-10-16(12-18(17)20)15-8-6-14(7-9-15)13-4-2-1-3-5-13;;/h1,6-13H,2-5H2;1H;/q;;+1/p-1. The van der Waals surface area contributed by atoms with Crippen molar-refractivity contribution in [2.45, 2.75) is 35.6 Å². The SMILES string of the molecule is Fc1ccc(-c2ccc(C3CC[CH]([Mg][Br])CC3)cc2)cc1F. The van der Waals surface area contributed by atoms with Crippen molar-refractivity contribution in [1.29, 1.82) is 0 Å². The quantitative estimate of drug-likeness (QED) is 0.569. The molecule has 3 rings (SSSR count). The van der Waals surface area contributed by atoms with Gasteiger partial charge < -0.3 is 12.9 Å². The molecular formula is C18H17BrF2Mg. The Balaban J connectivity index is 1.74. The summed E-state index contributed by atoms with van der Waals surface area (Å²) in [6, 6.07) is 12.4. The molecule has 0 unspecified atom stereocenters. The highest BCUT2D eigenvalue weighted by Gasteiger charge is 2.22. The van der Waals surface area contributed by atoms with Gasteiger partial charge in [0.2, 0.25) is 0 Å². The van der Waals surface area contributed by atoms with Gasteiger partial charge in [-0.05, 0) is 47.6 Å². The molecule has 0 bridgehead atoms. The Morgan fingerprint density at radius 2 is 1.45 bits per heavy atom. The zero-order chi connectivity index (χ0) is 15.5. The smallest absolute Gasteiger partial charge is 0.306 e. The van der Waals surface area contributed by atoms with Crippen molar-refractivity contribution in [3.05, 3.63) is 59.7 Å². The van der Waals surface area contributed by atoms with Crippen LogP contribution >= 0.6 is 12.9 Å². The fourth-order valence-electron chi connectivity index (χ4n) is 3.27. The molecule has 0 radical (unpaired) electrons. The highest BCUT2D eigenvalue weighted by atomic mass is 79.9. The summed E-state index contributed by atoms with van der Waals surface area (Å²) in [7, 11) is 0. The van der Waals surface area contributed by atoms with Crippen molar-refractivity contribution in [2.24, 2.45) is 0 Å². The number of hydrogen-bond acceptors (Lipinski definition) is 0. The Hall–Kier alpha value is -0.454. The summed E-state index contributed by atoms with van der Waals surface area (Å²) in [6.07, 6.45) is 5.22. The second-order valence-electron chi connectivity index (χ2n) is 6.12. The molecule has 2 aromatic rings. The lowest BCUT2D eigenvalue weighted by atomic mass is 9.83. The molecule has 112 valence electrons. The second-order valence-corrected chi connectivity index (χ2v) is 9.53. The summed E-state index contributed by atoms with van der Waals surface area (Å²) in [5, 5.41) is 0. The highest BCUT2D eigenvalue weighted by molar-refractivity contribution is 9.23. The van der Waals surface area contributed by atoms with Crippen LogP contribution in [-0.2, 0) is 0 Å². The molecular weight excluding hydrogens is 358 g/mol. The summed E-state index contributed by atoms with van der Waals surface area (Å²) in [5.74, 6) is -0.936. The van der Waals surface area contributed by atoms with Crippen LogP contribution in [0.1, 0.15) is 37.2 Å². The van der Waals surface area contributed by atoms with Crippen molar-refractivity contribution < 1.29 is 8.78 Å². The summed E-state index contributed by atoms with van der Waals surface area (Å²) in [6.45, 7) is 0. The number of halogens is 3. The minimum absolute atomic E-state index is 0.0367. The molecule has 0 amide bonds. The van der Waals surface area contributed by atoms with Crippen LogP contribution in [0.3, 0.4) is 0 Å². The van der Waals surface area contributed by atoms with Gasteiger partial charge in [0.15, 0.2) is 11.6 Å². The minimum Gasteiger partial charge on any atom is -0.306 e. The predicted molar refractivity (Wildman–Crippen MR) is 91.4 cm³/mol.